The van der Waals surface area contributed by atoms with Gasteiger partial charge in [0.2, 0.25) is 0 Å². The zero-order chi connectivity index (χ0) is 13.0. The van der Waals surface area contributed by atoms with Gasteiger partial charge < -0.3 is 9.64 Å². The molecule has 0 N–H and O–H groups in total. The van der Waals surface area contributed by atoms with Crippen LogP contribution in [0, 0.1) is 0 Å². The number of rotatable bonds is 3. The predicted octanol–water partition coefficient (Wildman–Crippen LogP) is 3.62. The summed E-state index contributed by atoms with van der Waals surface area (Å²) in [6.07, 6.45) is 3.67. The first kappa shape index (κ1) is 13.4. The van der Waals surface area contributed by atoms with Crippen LogP contribution < -0.4 is 4.90 Å². The summed E-state index contributed by atoms with van der Waals surface area (Å²) in [6, 6.07) is 5.83. The van der Waals surface area contributed by atoms with Gasteiger partial charge in [-0.3, -0.25) is 0 Å². The van der Waals surface area contributed by atoms with E-state index in [9.17, 15) is 4.79 Å². The standard InChI is InChI=1S/C14H18BrNO2/c1-2-18-14(17)12-10-11(15)6-7-13(12)16-8-4-3-5-9-16/h6-7,10H,2-5,8-9H2,1H3. The minimum absolute atomic E-state index is 0.237. The fraction of sp³-hybridized carbons (Fsp3) is 0.500. The molecule has 0 bridgehead atoms. The Morgan fingerprint density at radius 1 is 1.33 bits per heavy atom. The van der Waals surface area contributed by atoms with Gasteiger partial charge in [-0.05, 0) is 44.4 Å². The van der Waals surface area contributed by atoms with Crippen LogP contribution in [0.4, 0.5) is 5.69 Å². The number of carbonyl (C=O) groups excluding carboxylic acids is 1. The van der Waals surface area contributed by atoms with Gasteiger partial charge in [-0.25, -0.2) is 4.79 Å². The highest BCUT2D eigenvalue weighted by atomic mass is 79.9. The largest absolute Gasteiger partial charge is 0.462 e. The second-order valence-electron chi connectivity index (χ2n) is 4.43. The van der Waals surface area contributed by atoms with E-state index in [2.05, 4.69) is 20.8 Å². The first-order valence-corrected chi connectivity index (χ1v) is 7.23. The molecule has 0 unspecified atom stereocenters. The van der Waals surface area contributed by atoms with E-state index < -0.39 is 0 Å². The molecule has 0 saturated carbocycles. The summed E-state index contributed by atoms with van der Waals surface area (Å²) < 4.78 is 6.04. The molecule has 98 valence electrons. The van der Waals surface area contributed by atoms with E-state index in [4.69, 9.17) is 4.74 Å². The summed E-state index contributed by atoms with van der Waals surface area (Å²) in [6.45, 7) is 4.28. The number of benzene rings is 1. The average molecular weight is 312 g/mol. The molecule has 3 nitrogen and oxygen atoms in total. The Balaban J connectivity index is 2.30. The van der Waals surface area contributed by atoms with Crippen LogP contribution in [0.3, 0.4) is 0 Å². The zero-order valence-corrected chi connectivity index (χ0v) is 12.2. The molecule has 0 amide bonds. The summed E-state index contributed by atoms with van der Waals surface area (Å²) in [5, 5.41) is 0. The van der Waals surface area contributed by atoms with Crippen molar-refractivity contribution in [3.05, 3.63) is 28.2 Å². The Kier molecular flexibility index (Phi) is 4.64. The minimum Gasteiger partial charge on any atom is -0.462 e. The number of hydrogen-bond acceptors (Lipinski definition) is 3. The molecule has 1 aromatic carbocycles. The molecular formula is C14H18BrNO2. The predicted molar refractivity (Wildman–Crippen MR) is 76.2 cm³/mol. The summed E-state index contributed by atoms with van der Waals surface area (Å²) in [5.74, 6) is -0.237. The van der Waals surface area contributed by atoms with Crippen molar-refractivity contribution < 1.29 is 9.53 Å². The SMILES string of the molecule is CCOC(=O)c1cc(Br)ccc1N1CCCCC1. The summed E-state index contributed by atoms with van der Waals surface area (Å²) in [5.41, 5.74) is 1.66. The lowest BCUT2D eigenvalue weighted by molar-refractivity contribution is 0.0527. The summed E-state index contributed by atoms with van der Waals surface area (Å²) in [4.78, 5) is 14.3. The maximum Gasteiger partial charge on any atom is 0.340 e. The van der Waals surface area contributed by atoms with E-state index in [-0.39, 0.29) is 5.97 Å². The fourth-order valence-electron chi connectivity index (χ4n) is 2.29. The maximum atomic E-state index is 12.0. The Morgan fingerprint density at radius 2 is 2.06 bits per heavy atom. The minimum atomic E-state index is -0.237. The first-order valence-electron chi connectivity index (χ1n) is 6.44. The van der Waals surface area contributed by atoms with Crippen molar-refractivity contribution in [2.24, 2.45) is 0 Å². The van der Waals surface area contributed by atoms with Crippen molar-refractivity contribution in [3.63, 3.8) is 0 Å². The van der Waals surface area contributed by atoms with Crippen LogP contribution in [0.2, 0.25) is 0 Å². The molecule has 4 heteroatoms. The maximum absolute atomic E-state index is 12.0. The van der Waals surface area contributed by atoms with Crippen molar-refractivity contribution in [2.75, 3.05) is 24.6 Å². The van der Waals surface area contributed by atoms with Crippen LogP contribution in [-0.2, 0) is 4.74 Å². The van der Waals surface area contributed by atoms with Gasteiger partial charge in [0, 0.05) is 17.6 Å². The Bertz CT molecular complexity index is 428. The number of carbonyl (C=O) groups is 1. The highest BCUT2D eigenvalue weighted by Crippen LogP contribution is 2.27. The molecule has 1 saturated heterocycles. The Hall–Kier alpha value is -1.03. The number of hydrogen-bond donors (Lipinski definition) is 0. The van der Waals surface area contributed by atoms with Gasteiger partial charge in [-0.1, -0.05) is 15.9 Å². The van der Waals surface area contributed by atoms with Crippen LogP contribution in [0.25, 0.3) is 0 Å². The van der Waals surface area contributed by atoms with Gasteiger partial charge in [-0.15, -0.1) is 0 Å². The zero-order valence-electron chi connectivity index (χ0n) is 10.6. The van der Waals surface area contributed by atoms with Crippen molar-refractivity contribution in [1.82, 2.24) is 0 Å². The Morgan fingerprint density at radius 3 is 2.72 bits per heavy atom. The number of anilines is 1. The van der Waals surface area contributed by atoms with Gasteiger partial charge in [0.05, 0.1) is 17.9 Å². The third kappa shape index (κ3) is 3.05. The van der Waals surface area contributed by atoms with Crippen molar-refractivity contribution in [2.45, 2.75) is 26.2 Å². The molecule has 0 spiro atoms. The second kappa shape index (κ2) is 6.23. The lowest BCUT2D eigenvalue weighted by atomic mass is 10.1. The number of halogens is 1. The van der Waals surface area contributed by atoms with Crippen LogP contribution >= 0.6 is 15.9 Å². The van der Waals surface area contributed by atoms with Gasteiger partial charge in [0.25, 0.3) is 0 Å². The summed E-state index contributed by atoms with van der Waals surface area (Å²) >= 11 is 3.41. The third-order valence-electron chi connectivity index (χ3n) is 3.15. The fourth-order valence-corrected chi connectivity index (χ4v) is 2.65. The van der Waals surface area contributed by atoms with Crippen LogP contribution in [-0.4, -0.2) is 25.7 Å². The highest BCUT2D eigenvalue weighted by Gasteiger charge is 2.19. The van der Waals surface area contributed by atoms with Crippen molar-refractivity contribution in [3.8, 4) is 0 Å². The van der Waals surface area contributed by atoms with E-state index in [1.165, 1.54) is 19.3 Å². The molecule has 1 aliphatic heterocycles. The first-order chi connectivity index (χ1) is 8.72. The van der Waals surface area contributed by atoms with Gasteiger partial charge >= 0.3 is 5.97 Å². The second-order valence-corrected chi connectivity index (χ2v) is 5.35. The molecule has 2 rings (SSSR count). The van der Waals surface area contributed by atoms with Gasteiger partial charge in [0.15, 0.2) is 0 Å². The lowest BCUT2D eigenvalue weighted by Gasteiger charge is -2.30. The number of nitrogens with zero attached hydrogens (tertiary/aromatic N) is 1. The molecular weight excluding hydrogens is 294 g/mol. The van der Waals surface area contributed by atoms with Crippen LogP contribution in [0.1, 0.15) is 36.5 Å². The molecule has 1 aromatic rings. The molecule has 0 aromatic heterocycles. The number of ether oxygens (including phenoxy) is 1. The van der Waals surface area contributed by atoms with E-state index in [0.29, 0.717) is 12.2 Å². The topological polar surface area (TPSA) is 29.5 Å². The van der Waals surface area contributed by atoms with Crippen molar-refractivity contribution >= 4 is 27.6 Å². The molecule has 1 fully saturated rings. The average Bonchev–Trinajstić information content (AvgIpc) is 2.40. The Labute approximate surface area is 116 Å². The molecule has 0 atom stereocenters. The van der Waals surface area contributed by atoms with E-state index in [1.54, 1.807) is 0 Å². The van der Waals surface area contributed by atoms with E-state index in [1.807, 2.05) is 25.1 Å². The number of piperidine rings is 1. The quantitative estimate of drug-likeness (QED) is 0.799. The molecule has 1 aliphatic rings. The molecule has 0 aliphatic carbocycles. The monoisotopic (exact) mass is 311 g/mol. The molecule has 0 radical (unpaired) electrons. The molecule has 1 heterocycles. The van der Waals surface area contributed by atoms with Crippen LogP contribution in [0.5, 0.6) is 0 Å². The van der Waals surface area contributed by atoms with Gasteiger partial charge in [0.1, 0.15) is 0 Å². The lowest BCUT2D eigenvalue weighted by Crippen LogP contribution is -2.31. The summed E-state index contributed by atoms with van der Waals surface area (Å²) in [7, 11) is 0. The van der Waals surface area contributed by atoms with E-state index >= 15 is 0 Å². The van der Waals surface area contributed by atoms with Crippen LogP contribution in [0.15, 0.2) is 22.7 Å². The highest BCUT2D eigenvalue weighted by molar-refractivity contribution is 9.10. The normalized spacial score (nSPS) is 15.6. The molecule has 18 heavy (non-hydrogen) atoms. The van der Waals surface area contributed by atoms with Gasteiger partial charge in [-0.2, -0.15) is 0 Å². The van der Waals surface area contributed by atoms with Crippen molar-refractivity contribution in [1.29, 1.82) is 0 Å². The number of esters is 1. The van der Waals surface area contributed by atoms with E-state index in [0.717, 1.165) is 23.2 Å². The third-order valence-corrected chi connectivity index (χ3v) is 3.64. The smallest absolute Gasteiger partial charge is 0.340 e.